The lowest BCUT2D eigenvalue weighted by Crippen LogP contribution is -2.17. The molecule has 0 saturated carbocycles. The highest BCUT2D eigenvalue weighted by atomic mass is 32.1. The number of aryl methyl sites for hydroxylation is 1. The maximum atomic E-state index is 11.0. The third-order valence-electron chi connectivity index (χ3n) is 2.22. The van der Waals surface area contributed by atoms with Crippen molar-refractivity contribution in [1.29, 1.82) is 0 Å². The fourth-order valence-electron chi connectivity index (χ4n) is 1.42. The summed E-state index contributed by atoms with van der Waals surface area (Å²) in [5.74, 6) is -1.07. The minimum absolute atomic E-state index is 0.326. The predicted octanol–water partition coefficient (Wildman–Crippen LogP) is 1.43. The highest BCUT2D eigenvalue weighted by Crippen LogP contribution is 2.19. The second kappa shape index (κ2) is 5.82. The fraction of sp³-hybridized carbons (Fsp3) is 0.600. The van der Waals surface area contributed by atoms with Gasteiger partial charge in [-0.15, -0.1) is 11.3 Å². The molecule has 0 fully saturated rings. The molecule has 5 heteroatoms. The lowest BCUT2D eigenvalue weighted by Gasteiger charge is -2.09. The van der Waals surface area contributed by atoms with Crippen LogP contribution in [0.1, 0.15) is 22.7 Å². The zero-order valence-corrected chi connectivity index (χ0v) is 9.59. The Morgan fingerprint density at radius 2 is 2.47 bits per heavy atom. The van der Waals surface area contributed by atoms with Crippen LogP contribution in [0.2, 0.25) is 0 Å². The van der Waals surface area contributed by atoms with Crippen LogP contribution in [0, 0.1) is 12.8 Å². The van der Waals surface area contributed by atoms with Gasteiger partial charge in [0.15, 0.2) is 0 Å². The van der Waals surface area contributed by atoms with Gasteiger partial charge in [0.25, 0.3) is 0 Å². The van der Waals surface area contributed by atoms with E-state index < -0.39 is 5.97 Å². The van der Waals surface area contributed by atoms with Crippen LogP contribution in [0.4, 0.5) is 0 Å². The van der Waals surface area contributed by atoms with E-state index in [1.807, 2.05) is 6.92 Å². The highest BCUT2D eigenvalue weighted by Gasteiger charge is 2.18. The Balaban J connectivity index is 2.54. The van der Waals surface area contributed by atoms with Crippen molar-refractivity contribution in [1.82, 2.24) is 4.98 Å². The van der Waals surface area contributed by atoms with Crippen molar-refractivity contribution in [3.8, 4) is 0 Å². The van der Waals surface area contributed by atoms with Crippen LogP contribution in [-0.2, 0) is 11.2 Å². The number of aromatic nitrogens is 1. The van der Waals surface area contributed by atoms with Crippen molar-refractivity contribution in [2.45, 2.75) is 26.2 Å². The number of nitrogens with two attached hydrogens (primary N) is 1. The number of thiazole rings is 1. The van der Waals surface area contributed by atoms with E-state index in [2.05, 4.69) is 4.98 Å². The Bertz CT molecular complexity index is 325. The third-order valence-corrected chi connectivity index (χ3v) is 3.16. The molecule has 0 radical (unpaired) electrons. The summed E-state index contributed by atoms with van der Waals surface area (Å²) in [7, 11) is 0. The zero-order chi connectivity index (χ0) is 11.3. The number of aliphatic carboxylic acids is 1. The first-order valence-electron chi connectivity index (χ1n) is 4.97. The number of carboxylic acids is 1. The first-order valence-corrected chi connectivity index (χ1v) is 5.79. The number of carboxylic acid groups (broad SMARTS) is 1. The Kier molecular flexibility index (Phi) is 4.71. The Morgan fingerprint density at radius 1 is 1.73 bits per heavy atom. The van der Waals surface area contributed by atoms with Crippen molar-refractivity contribution < 1.29 is 9.90 Å². The predicted molar refractivity (Wildman–Crippen MR) is 60.0 cm³/mol. The van der Waals surface area contributed by atoms with Crippen molar-refractivity contribution >= 4 is 17.3 Å². The van der Waals surface area contributed by atoms with Crippen LogP contribution in [0.3, 0.4) is 0 Å². The maximum absolute atomic E-state index is 11.0. The number of hydrogen-bond donors (Lipinski definition) is 2. The van der Waals surface area contributed by atoms with E-state index in [0.717, 1.165) is 16.3 Å². The quantitative estimate of drug-likeness (QED) is 0.772. The van der Waals surface area contributed by atoms with Gasteiger partial charge >= 0.3 is 5.97 Å². The van der Waals surface area contributed by atoms with Gasteiger partial charge in [-0.05, 0) is 32.7 Å². The van der Waals surface area contributed by atoms with Gasteiger partial charge in [0.1, 0.15) is 0 Å². The Morgan fingerprint density at radius 3 is 2.93 bits per heavy atom. The van der Waals surface area contributed by atoms with Crippen molar-refractivity contribution in [2.24, 2.45) is 11.7 Å². The number of hydrogen-bond acceptors (Lipinski definition) is 4. The molecular formula is C10H16N2O2S. The molecule has 1 atom stereocenters. The number of carbonyl (C=O) groups is 1. The van der Waals surface area contributed by atoms with Gasteiger partial charge in [-0.25, -0.2) is 4.98 Å². The molecule has 0 aliphatic rings. The summed E-state index contributed by atoms with van der Waals surface area (Å²) in [6, 6.07) is 0. The lowest BCUT2D eigenvalue weighted by atomic mass is 9.99. The molecule has 1 unspecified atom stereocenters. The lowest BCUT2D eigenvalue weighted by molar-refractivity contribution is -0.141. The van der Waals surface area contributed by atoms with E-state index in [9.17, 15) is 4.79 Å². The average molecular weight is 228 g/mol. The maximum Gasteiger partial charge on any atom is 0.306 e. The summed E-state index contributed by atoms with van der Waals surface area (Å²) < 4.78 is 0. The second-order valence-electron chi connectivity index (χ2n) is 3.52. The molecule has 1 aromatic heterocycles. The standard InChI is InChI=1S/C10H16N2O2S/c1-7-12-6-9(15-7)5-8(10(13)14)3-2-4-11/h6,8H,2-5,11H2,1H3,(H,13,14). The van der Waals surface area contributed by atoms with Crippen molar-refractivity contribution in [2.75, 3.05) is 6.54 Å². The summed E-state index contributed by atoms with van der Waals surface area (Å²) in [4.78, 5) is 16.1. The van der Waals surface area contributed by atoms with Crippen LogP contribution in [0.15, 0.2) is 6.20 Å². The van der Waals surface area contributed by atoms with E-state index in [1.54, 1.807) is 17.5 Å². The first kappa shape index (κ1) is 12.1. The molecule has 15 heavy (non-hydrogen) atoms. The molecule has 1 aromatic rings. The molecular weight excluding hydrogens is 212 g/mol. The third kappa shape index (κ3) is 3.97. The molecule has 3 N–H and O–H groups in total. The topological polar surface area (TPSA) is 76.2 Å². The van der Waals surface area contributed by atoms with Gasteiger partial charge in [0.05, 0.1) is 10.9 Å². The summed E-state index contributed by atoms with van der Waals surface area (Å²) in [6.45, 7) is 2.47. The molecule has 0 spiro atoms. The van der Waals surface area contributed by atoms with Gasteiger partial charge in [0.2, 0.25) is 0 Å². The molecule has 1 rings (SSSR count). The summed E-state index contributed by atoms with van der Waals surface area (Å²) in [5.41, 5.74) is 5.37. The van der Waals surface area contributed by atoms with E-state index in [0.29, 0.717) is 19.4 Å². The second-order valence-corrected chi connectivity index (χ2v) is 4.84. The van der Waals surface area contributed by atoms with E-state index in [-0.39, 0.29) is 5.92 Å². The molecule has 0 amide bonds. The van der Waals surface area contributed by atoms with Crippen molar-refractivity contribution in [3.05, 3.63) is 16.1 Å². The molecule has 0 bridgehead atoms. The average Bonchev–Trinajstić information content (AvgIpc) is 2.58. The van der Waals surface area contributed by atoms with Crippen LogP contribution in [-0.4, -0.2) is 22.6 Å². The molecule has 1 heterocycles. The molecule has 84 valence electrons. The van der Waals surface area contributed by atoms with E-state index in [1.165, 1.54) is 0 Å². The Labute approximate surface area is 93.1 Å². The van der Waals surface area contributed by atoms with Gasteiger partial charge in [-0.3, -0.25) is 4.79 Å². The van der Waals surface area contributed by atoms with Gasteiger partial charge < -0.3 is 10.8 Å². The largest absolute Gasteiger partial charge is 0.481 e. The van der Waals surface area contributed by atoms with E-state index >= 15 is 0 Å². The minimum Gasteiger partial charge on any atom is -0.481 e. The summed E-state index contributed by atoms with van der Waals surface area (Å²) in [6.07, 6.45) is 3.73. The van der Waals surface area contributed by atoms with E-state index in [4.69, 9.17) is 10.8 Å². The SMILES string of the molecule is Cc1ncc(CC(CCCN)C(=O)O)s1. The molecule has 4 nitrogen and oxygen atoms in total. The fourth-order valence-corrected chi connectivity index (χ4v) is 2.29. The van der Waals surface area contributed by atoms with Crippen LogP contribution in [0.25, 0.3) is 0 Å². The van der Waals surface area contributed by atoms with Crippen LogP contribution >= 0.6 is 11.3 Å². The van der Waals surface area contributed by atoms with Crippen molar-refractivity contribution in [3.63, 3.8) is 0 Å². The molecule has 0 aliphatic heterocycles. The van der Waals surface area contributed by atoms with Gasteiger partial charge in [-0.2, -0.15) is 0 Å². The monoisotopic (exact) mass is 228 g/mol. The normalized spacial score (nSPS) is 12.7. The molecule has 0 aromatic carbocycles. The Hall–Kier alpha value is -0.940. The molecule has 0 saturated heterocycles. The minimum atomic E-state index is -0.741. The zero-order valence-electron chi connectivity index (χ0n) is 8.77. The first-order chi connectivity index (χ1) is 7.13. The number of rotatable bonds is 6. The number of nitrogens with zero attached hydrogens (tertiary/aromatic N) is 1. The van der Waals surface area contributed by atoms with Crippen LogP contribution in [0.5, 0.6) is 0 Å². The summed E-state index contributed by atoms with van der Waals surface area (Å²) in [5, 5.41) is 9.99. The van der Waals surface area contributed by atoms with Crippen LogP contribution < -0.4 is 5.73 Å². The summed E-state index contributed by atoms with van der Waals surface area (Å²) >= 11 is 1.56. The van der Waals surface area contributed by atoms with Gasteiger partial charge in [-0.1, -0.05) is 0 Å². The van der Waals surface area contributed by atoms with Gasteiger partial charge in [0, 0.05) is 11.1 Å². The smallest absolute Gasteiger partial charge is 0.306 e. The highest BCUT2D eigenvalue weighted by molar-refractivity contribution is 7.11. The molecule has 0 aliphatic carbocycles.